The molecule has 0 radical (unpaired) electrons. The molecule has 11 heteroatoms. The number of hydrogen-bond donors (Lipinski definition) is 2. The normalized spacial score (nSPS) is 20.5. The zero-order valence-corrected chi connectivity index (χ0v) is 20.2. The van der Waals surface area contributed by atoms with E-state index in [1.165, 1.54) is 8.61 Å². The van der Waals surface area contributed by atoms with E-state index in [4.69, 9.17) is 4.74 Å². The van der Waals surface area contributed by atoms with Gasteiger partial charge in [0, 0.05) is 51.5 Å². The van der Waals surface area contributed by atoms with Crippen molar-refractivity contribution < 1.29 is 22.7 Å². The number of ether oxygens (including phenoxy) is 1. The number of nitrogens with zero attached hydrogens (tertiary/aromatic N) is 3. The summed E-state index contributed by atoms with van der Waals surface area (Å²) in [4.78, 5) is 27.3. The number of carbonyl (C=O) groups is 2. The van der Waals surface area contributed by atoms with Gasteiger partial charge in [-0.25, -0.2) is 9.59 Å². The molecule has 1 saturated heterocycles. The first-order valence-electron chi connectivity index (χ1n) is 11.3. The maximum atomic E-state index is 12.9. The first-order chi connectivity index (χ1) is 15.8. The number of benzene rings is 1. The highest BCUT2D eigenvalue weighted by Crippen LogP contribution is 2.28. The minimum absolute atomic E-state index is 0.215. The third-order valence-electron chi connectivity index (χ3n) is 5.85. The van der Waals surface area contributed by atoms with Crippen LogP contribution in [-0.2, 0) is 19.7 Å². The van der Waals surface area contributed by atoms with Crippen molar-refractivity contribution in [3.05, 3.63) is 47.2 Å². The Labute approximate surface area is 195 Å². The molecule has 1 aromatic rings. The molecule has 2 N–H and O–H groups in total. The highest BCUT2D eigenvalue weighted by Gasteiger charge is 2.36. The summed E-state index contributed by atoms with van der Waals surface area (Å²) >= 11 is 0. The van der Waals surface area contributed by atoms with Gasteiger partial charge in [0.25, 0.3) is 10.2 Å². The Kier molecular flexibility index (Phi) is 8.46. The molecule has 2 heterocycles. The van der Waals surface area contributed by atoms with Crippen molar-refractivity contribution in [3.63, 3.8) is 0 Å². The predicted octanol–water partition coefficient (Wildman–Crippen LogP) is 1.06. The molecule has 10 nitrogen and oxygen atoms in total. The quantitative estimate of drug-likeness (QED) is 0.513. The third kappa shape index (κ3) is 5.72. The maximum absolute atomic E-state index is 12.9. The van der Waals surface area contributed by atoms with Gasteiger partial charge in [0.15, 0.2) is 0 Å². The van der Waals surface area contributed by atoms with E-state index in [0.29, 0.717) is 57.1 Å². The Balaban J connectivity index is 1.81. The predicted molar refractivity (Wildman–Crippen MR) is 124 cm³/mol. The summed E-state index contributed by atoms with van der Waals surface area (Å²) in [6, 6.07) is 8.25. The van der Waals surface area contributed by atoms with E-state index < -0.39 is 28.3 Å². The molecule has 1 aromatic carbocycles. The van der Waals surface area contributed by atoms with Gasteiger partial charge in [-0.15, -0.1) is 0 Å². The largest absolute Gasteiger partial charge is 0.463 e. The van der Waals surface area contributed by atoms with E-state index in [0.717, 1.165) is 5.56 Å². The molecule has 0 spiro atoms. The lowest BCUT2D eigenvalue weighted by Crippen LogP contribution is -2.54. The minimum Gasteiger partial charge on any atom is -0.463 e. The van der Waals surface area contributed by atoms with Gasteiger partial charge in [0.1, 0.15) is 0 Å². The monoisotopic (exact) mass is 479 g/mol. The SMILES string of the molecule is CCOC(=O)C1=C(CN2CCN(S(=O)(=O)N(CC)CC)CC2)NC(=O)N[C@@H]1c1ccccc1. The van der Waals surface area contributed by atoms with E-state index in [1.807, 2.05) is 49.1 Å². The van der Waals surface area contributed by atoms with Crippen LogP contribution >= 0.6 is 0 Å². The molecular formula is C22H33N5O5S. The van der Waals surface area contributed by atoms with Crippen LogP contribution in [0.2, 0.25) is 0 Å². The van der Waals surface area contributed by atoms with E-state index in [-0.39, 0.29) is 6.61 Å². The Morgan fingerprint density at radius 2 is 1.73 bits per heavy atom. The molecule has 0 bridgehead atoms. The molecule has 182 valence electrons. The summed E-state index contributed by atoms with van der Waals surface area (Å²) in [6.07, 6.45) is 0. The first kappa shape index (κ1) is 25.2. The highest BCUT2D eigenvalue weighted by atomic mass is 32.2. The van der Waals surface area contributed by atoms with Gasteiger partial charge in [0.2, 0.25) is 0 Å². The van der Waals surface area contributed by atoms with Crippen LogP contribution in [0.25, 0.3) is 0 Å². The smallest absolute Gasteiger partial charge is 0.338 e. The number of piperazine rings is 1. The molecule has 0 saturated carbocycles. The number of hydrogen-bond acceptors (Lipinski definition) is 6. The average molecular weight is 480 g/mol. The third-order valence-corrected chi connectivity index (χ3v) is 8.04. The van der Waals surface area contributed by atoms with Gasteiger partial charge in [-0.05, 0) is 12.5 Å². The molecule has 0 aromatic heterocycles. The zero-order chi connectivity index (χ0) is 24.0. The average Bonchev–Trinajstić information content (AvgIpc) is 2.80. The second kappa shape index (κ2) is 11.1. The van der Waals surface area contributed by atoms with Crippen LogP contribution in [0.5, 0.6) is 0 Å². The number of urea groups is 1. The van der Waals surface area contributed by atoms with Crippen molar-refractivity contribution in [2.45, 2.75) is 26.8 Å². The Hall–Kier alpha value is -2.47. The molecule has 1 atom stereocenters. The van der Waals surface area contributed by atoms with Crippen LogP contribution in [0, 0.1) is 0 Å². The van der Waals surface area contributed by atoms with E-state index in [9.17, 15) is 18.0 Å². The summed E-state index contributed by atoms with van der Waals surface area (Å²) < 4.78 is 33.8. The van der Waals surface area contributed by atoms with Gasteiger partial charge in [-0.1, -0.05) is 44.2 Å². The van der Waals surface area contributed by atoms with Crippen LogP contribution in [-0.4, -0.2) is 86.3 Å². The fraction of sp³-hybridized carbons (Fsp3) is 0.545. The van der Waals surface area contributed by atoms with E-state index >= 15 is 0 Å². The topological polar surface area (TPSA) is 111 Å². The summed E-state index contributed by atoms with van der Waals surface area (Å²) in [5.41, 5.74) is 1.62. The van der Waals surface area contributed by atoms with Crippen LogP contribution < -0.4 is 10.6 Å². The Morgan fingerprint density at radius 1 is 1.09 bits per heavy atom. The number of esters is 1. The van der Waals surface area contributed by atoms with Gasteiger partial charge in [-0.3, -0.25) is 4.90 Å². The summed E-state index contributed by atoms with van der Waals surface area (Å²) in [6.45, 7) is 8.41. The van der Waals surface area contributed by atoms with Crippen molar-refractivity contribution in [2.24, 2.45) is 0 Å². The second-order valence-electron chi connectivity index (χ2n) is 7.82. The van der Waals surface area contributed by atoms with Gasteiger partial charge in [-0.2, -0.15) is 17.0 Å². The molecule has 0 unspecified atom stereocenters. The van der Waals surface area contributed by atoms with Gasteiger partial charge < -0.3 is 15.4 Å². The van der Waals surface area contributed by atoms with E-state index in [1.54, 1.807) is 6.92 Å². The highest BCUT2D eigenvalue weighted by molar-refractivity contribution is 7.86. The molecule has 0 aliphatic carbocycles. The molecule has 2 aliphatic rings. The number of carbonyl (C=O) groups excluding carboxylic acids is 2. The Bertz CT molecular complexity index is 970. The fourth-order valence-corrected chi connectivity index (χ4v) is 5.75. The summed E-state index contributed by atoms with van der Waals surface area (Å²) in [7, 11) is -3.49. The maximum Gasteiger partial charge on any atom is 0.338 e. The standard InChI is InChI=1S/C22H33N5O5S/c1-4-26(5-2)33(30,31)27-14-12-25(13-15-27)16-18-19(21(28)32-6-3)20(24-22(29)23-18)17-10-8-7-9-11-17/h7-11,20H,4-6,12-16H2,1-3H3,(H2,23,24,29)/t20-/m1/s1. The van der Waals surface area contributed by atoms with Crippen molar-refractivity contribution in [2.75, 3.05) is 52.4 Å². The van der Waals surface area contributed by atoms with E-state index in [2.05, 4.69) is 10.6 Å². The molecule has 2 amide bonds. The van der Waals surface area contributed by atoms with Crippen LogP contribution in [0.15, 0.2) is 41.6 Å². The summed E-state index contributed by atoms with van der Waals surface area (Å²) in [5.74, 6) is -0.489. The lowest BCUT2D eigenvalue weighted by molar-refractivity contribution is -0.139. The fourth-order valence-electron chi connectivity index (χ4n) is 4.14. The van der Waals surface area contributed by atoms with Gasteiger partial charge >= 0.3 is 12.0 Å². The van der Waals surface area contributed by atoms with Gasteiger partial charge in [0.05, 0.1) is 18.2 Å². The van der Waals surface area contributed by atoms with Crippen molar-refractivity contribution >= 4 is 22.2 Å². The molecule has 1 fully saturated rings. The lowest BCUT2D eigenvalue weighted by Gasteiger charge is -2.37. The number of nitrogens with one attached hydrogen (secondary N) is 2. The number of rotatable bonds is 9. The van der Waals surface area contributed by atoms with Crippen LogP contribution in [0.3, 0.4) is 0 Å². The molecular weight excluding hydrogens is 446 g/mol. The summed E-state index contributed by atoms with van der Waals surface area (Å²) in [5, 5.41) is 5.60. The molecule has 3 rings (SSSR count). The molecule has 33 heavy (non-hydrogen) atoms. The minimum atomic E-state index is -3.49. The zero-order valence-electron chi connectivity index (χ0n) is 19.4. The van der Waals surface area contributed by atoms with Crippen molar-refractivity contribution in [3.8, 4) is 0 Å². The number of amides is 2. The lowest BCUT2D eigenvalue weighted by atomic mass is 9.95. The Morgan fingerprint density at radius 3 is 2.30 bits per heavy atom. The molecule has 2 aliphatic heterocycles. The van der Waals surface area contributed by atoms with Crippen molar-refractivity contribution in [1.29, 1.82) is 0 Å². The van der Waals surface area contributed by atoms with Crippen molar-refractivity contribution in [1.82, 2.24) is 24.1 Å². The van der Waals surface area contributed by atoms with Crippen LogP contribution in [0.4, 0.5) is 4.79 Å². The van der Waals surface area contributed by atoms with Crippen LogP contribution in [0.1, 0.15) is 32.4 Å². The first-order valence-corrected chi connectivity index (χ1v) is 12.7. The second-order valence-corrected chi connectivity index (χ2v) is 9.75.